The number of carbonyl (C=O) groups excluding carboxylic acids is 1. The minimum atomic E-state index is -0.142. The summed E-state index contributed by atoms with van der Waals surface area (Å²) in [6, 6.07) is 12.5. The molecular formula is C14H12ClIN2O. The second-order valence-electron chi connectivity index (χ2n) is 4.05. The maximum atomic E-state index is 12.4. The lowest BCUT2D eigenvalue weighted by molar-refractivity contribution is 0.0993. The molecule has 0 saturated carbocycles. The number of benzene rings is 2. The molecule has 2 aromatic carbocycles. The van der Waals surface area contributed by atoms with Crippen molar-refractivity contribution in [3.05, 3.63) is 56.6 Å². The summed E-state index contributed by atoms with van der Waals surface area (Å²) in [6.45, 7) is 0. The Morgan fingerprint density at radius 1 is 1.26 bits per heavy atom. The molecule has 0 atom stereocenters. The summed E-state index contributed by atoms with van der Waals surface area (Å²) in [4.78, 5) is 13.9. The molecule has 0 fully saturated rings. The van der Waals surface area contributed by atoms with Crippen LogP contribution in [0.2, 0.25) is 5.02 Å². The first-order valence-electron chi connectivity index (χ1n) is 5.58. The van der Waals surface area contributed by atoms with Gasteiger partial charge in [-0.1, -0.05) is 23.7 Å². The Labute approximate surface area is 130 Å². The fourth-order valence-corrected chi connectivity index (χ4v) is 2.24. The van der Waals surface area contributed by atoms with Crippen molar-refractivity contribution >= 4 is 51.5 Å². The Bertz CT molecular complexity index is 631. The fourth-order valence-electron chi connectivity index (χ4n) is 1.73. The van der Waals surface area contributed by atoms with Gasteiger partial charge < -0.3 is 10.6 Å². The maximum absolute atomic E-state index is 12.4. The van der Waals surface area contributed by atoms with Crippen LogP contribution in [0.15, 0.2) is 42.5 Å². The molecule has 5 heteroatoms. The summed E-state index contributed by atoms with van der Waals surface area (Å²) < 4.78 is 0.915. The average Bonchev–Trinajstić information content (AvgIpc) is 2.41. The maximum Gasteiger partial charge on any atom is 0.258 e. The molecule has 0 aromatic heterocycles. The van der Waals surface area contributed by atoms with Gasteiger partial charge in [0.15, 0.2) is 0 Å². The highest BCUT2D eigenvalue weighted by atomic mass is 127. The normalized spacial score (nSPS) is 10.3. The molecule has 0 bridgehead atoms. The van der Waals surface area contributed by atoms with Crippen molar-refractivity contribution in [3.8, 4) is 0 Å². The van der Waals surface area contributed by atoms with Crippen LogP contribution in [0.5, 0.6) is 0 Å². The number of amides is 1. The zero-order valence-corrected chi connectivity index (χ0v) is 13.1. The first kappa shape index (κ1) is 14.1. The second-order valence-corrected chi connectivity index (χ2v) is 5.62. The number of rotatable bonds is 2. The van der Waals surface area contributed by atoms with Gasteiger partial charge in [0.1, 0.15) is 0 Å². The topological polar surface area (TPSA) is 46.3 Å². The molecule has 0 spiro atoms. The number of anilines is 2. The smallest absolute Gasteiger partial charge is 0.258 e. The van der Waals surface area contributed by atoms with E-state index in [1.807, 2.05) is 24.3 Å². The lowest BCUT2D eigenvalue weighted by atomic mass is 10.2. The standard InChI is InChI=1S/C14H12ClIN2O/c1-18(13-5-3-2-4-12(13)17)14(19)9-6-7-11(16)10(15)8-9/h2-8H,17H2,1H3. The summed E-state index contributed by atoms with van der Waals surface area (Å²) in [5, 5.41) is 0.570. The van der Waals surface area contributed by atoms with Crippen LogP contribution in [0, 0.1) is 3.57 Å². The first-order valence-corrected chi connectivity index (χ1v) is 7.04. The lowest BCUT2D eigenvalue weighted by Gasteiger charge is -2.19. The highest BCUT2D eigenvalue weighted by molar-refractivity contribution is 14.1. The average molecular weight is 387 g/mol. The molecule has 0 saturated heterocycles. The number of halogens is 2. The van der Waals surface area contributed by atoms with Crippen LogP contribution in [0.1, 0.15) is 10.4 Å². The molecule has 2 rings (SSSR count). The Morgan fingerprint density at radius 3 is 2.58 bits per heavy atom. The van der Waals surface area contributed by atoms with Gasteiger partial charge >= 0.3 is 0 Å². The lowest BCUT2D eigenvalue weighted by Crippen LogP contribution is -2.27. The molecule has 3 nitrogen and oxygen atoms in total. The largest absolute Gasteiger partial charge is 0.397 e. The highest BCUT2D eigenvalue weighted by Crippen LogP contribution is 2.25. The number of para-hydroxylation sites is 2. The molecule has 2 N–H and O–H groups in total. The number of nitrogens with zero attached hydrogens (tertiary/aromatic N) is 1. The van der Waals surface area contributed by atoms with E-state index in [9.17, 15) is 4.79 Å². The van der Waals surface area contributed by atoms with Gasteiger partial charge in [-0.2, -0.15) is 0 Å². The van der Waals surface area contributed by atoms with Gasteiger partial charge in [0, 0.05) is 16.2 Å². The van der Waals surface area contributed by atoms with Crippen LogP contribution in [0.3, 0.4) is 0 Å². The monoisotopic (exact) mass is 386 g/mol. The SMILES string of the molecule is CN(C(=O)c1ccc(I)c(Cl)c1)c1ccccc1N. The number of hydrogen-bond donors (Lipinski definition) is 1. The fraction of sp³-hybridized carbons (Fsp3) is 0.0714. The van der Waals surface area contributed by atoms with Crippen molar-refractivity contribution < 1.29 is 4.79 Å². The van der Waals surface area contributed by atoms with E-state index in [2.05, 4.69) is 22.6 Å². The molecule has 19 heavy (non-hydrogen) atoms. The summed E-state index contributed by atoms with van der Waals surface area (Å²) in [6.07, 6.45) is 0. The highest BCUT2D eigenvalue weighted by Gasteiger charge is 2.16. The zero-order chi connectivity index (χ0) is 14.0. The molecule has 0 unspecified atom stereocenters. The van der Waals surface area contributed by atoms with Crippen molar-refractivity contribution in [1.29, 1.82) is 0 Å². The molecule has 0 heterocycles. The van der Waals surface area contributed by atoms with E-state index < -0.39 is 0 Å². The molecule has 0 aliphatic rings. The number of carbonyl (C=O) groups is 1. The van der Waals surface area contributed by atoms with E-state index in [0.717, 1.165) is 3.57 Å². The van der Waals surface area contributed by atoms with Crippen molar-refractivity contribution in [1.82, 2.24) is 0 Å². The minimum absolute atomic E-state index is 0.142. The van der Waals surface area contributed by atoms with Gasteiger partial charge in [0.25, 0.3) is 5.91 Å². The number of nitrogens with two attached hydrogens (primary N) is 1. The van der Waals surface area contributed by atoms with Gasteiger partial charge in [-0.15, -0.1) is 0 Å². The van der Waals surface area contributed by atoms with Gasteiger partial charge in [-0.3, -0.25) is 4.79 Å². The summed E-state index contributed by atoms with van der Waals surface area (Å²) in [5.41, 5.74) is 7.66. The van der Waals surface area contributed by atoms with Gasteiger partial charge in [0.2, 0.25) is 0 Å². The minimum Gasteiger partial charge on any atom is -0.397 e. The Balaban J connectivity index is 2.34. The van der Waals surface area contributed by atoms with E-state index >= 15 is 0 Å². The van der Waals surface area contributed by atoms with E-state index in [1.54, 1.807) is 25.2 Å². The van der Waals surface area contributed by atoms with E-state index in [4.69, 9.17) is 17.3 Å². The van der Waals surface area contributed by atoms with Crippen LogP contribution >= 0.6 is 34.2 Å². The number of nitrogen functional groups attached to an aromatic ring is 1. The molecule has 2 aromatic rings. The second kappa shape index (κ2) is 5.79. The van der Waals surface area contributed by atoms with Gasteiger partial charge in [-0.05, 0) is 52.9 Å². The van der Waals surface area contributed by atoms with Crippen LogP contribution < -0.4 is 10.6 Å². The quantitative estimate of drug-likeness (QED) is 0.630. The summed E-state index contributed by atoms with van der Waals surface area (Å²) in [5.74, 6) is -0.142. The van der Waals surface area contributed by atoms with Crippen LogP contribution in [-0.2, 0) is 0 Å². The van der Waals surface area contributed by atoms with Gasteiger partial charge in [-0.25, -0.2) is 0 Å². The summed E-state index contributed by atoms with van der Waals surface area (Å²) in [7, 11) is 1.69. The third kappa shape index (κ3) is 3.01. The Hall–Kier alpha value is -1.27. The van der Waals surface area contributed by atoms with Crippen molar-refractivity contribution in [3.63, 3.8) is 0 Å². The molecule has 0 radical (unpaired) electrons. The van der Waals surface area contributed by atoms with E-state index in [1.165, 1.54) is 4.90 Å². The third-order valence-corrected chi connectivity index (χ3v) is 4.34. The first-order chi connectivity index (χ1) is 9.00. The predicted octanol–water partition coefficient (Wildman–Crippen LogP) is 3.80. The van der Waals surface area contributed by atoms with Crippen molar-refractivity contribution in [2.24, 2.45) is 0 Å². The van der Waals surface area contributed by atoms with Crippen LogP contribution in [0.4, 0.5) is 11.4 Å². The third-order valence-electron chi connectivity index (χ3n) is 2.77. The molecule has 0 aliphatic heterocycles. The van der Waals surface area contributed by atoms with E-state index in [0.29, 0.717) is 22.0 Å². The number of hydrogen-bond acceptors (Lipinski definition) is 2. The molecule has 0 aliphatic carbocycles. The zero-order valence-electron chi connectivity index (χ0n) is 10.2. The summed E-state index contributed by atoms with van der Waals surface area (Å²) >= 11 is 8.16. The molecular weight excluding hydrogens is 375 g/mol. The van der Waals surface area contributed by atoms with E-state index in [-0.39, 0.29) is 5.91 Å². The van der Waals surface area contributed by atoms with Gasteiger partial charge in [0.05, 0.1) is 16.4 Å². The predicted molar refractivity (Wildman–Crippen MR) is 87.8 cm³/mol. The Morgan fingerprint density at radius 2 is 1.95 bits per heavy atom. The van der Waals surface area contributed by atoms with Crippen LogP contribution in [0.25, 0.3) is 0 Å². The van der Waals surface area contributed by atoms with Crippen molar-refractivity contribution in [2.75, 3.05) is 17.7 Å². The molecule has 1 amide bonds. The van der Waals surface area contributed by atoms with Crippen LogP contribution in [-0.4, -0.2) is 13.0 Å². The Kier molecular flexibility index (Phi) is 4.31. The van der Waals surface area contributed by atoms with Crippen molar-refractivity contribution in [2.45, 2.75) is 0 Å². The molecule has 98 valence electrons.